The summed E-state index contributed by atoms with van der Waals surface area (Å²) in [5, 5.41) is 0. The number of hydrogen-bond donors (Lipinski definition) is 1. The summed E-state index contributed by atoms with van der Waals surface area (Å²) < 4.78 is 0. The van der Waals surface area contributed by atoms with Gasteiger partial charge >= 0.3 is 0 Å². The molecule has 0 aromatic carbocycles. The van der Waals surface area contributed by atoms with Crippen LogP contribution in [0.2, 0.25) is 0 Å². The summed E-state index contributed by atoms with van der Waals surface area (Å²) in [5.41, 5.74) is 6.37. The van der Waals surface area contributed by atoms with Crippen molar-refractivity contribution in [3.8, 4) is 0 Å². The normalized spacial score (nSPS) is 18.7. The van der Waals surface area contributed by atoms with Crippen molar-refractivity contribution in [3.63, 3.8) is 0 Å². The Hall–Kier alpha value is -1.46. The molecule has 5 nitrogen and oxygen atoms in total. The van der Waals surface area contributed by atoms with Gasteiger partial charge in [-0.05, 0) is 19.1 Å². The first-order chi connectivity index (χ1) is 8.72. The van der Waals surface area contributed by atoms with E-state index in [-0.39, 0.29) is 5.91 Å². The molecule has 0 bridgehead atoms. The second-order valence-corrected chi connectivity index (χ2v) is 4.65. The van der Waals surface area contributed by atoms with Crippen LogP contribution in [0.25, 0.3) is 0 Å². The molecule has 1 atom stereocenters. The van der Waals surface area contributed by atoms with Crippen molar-refractivity contribution in [1.82, 2.24) is 14.8 Å². The molecule has 5 heteroatoms. The first-order valence-corrected chi connectivity index (χ1v) is 6.36. The maximum Gasteiger partial charge on any atom is 0.254 e. The minimum atomic E-state index is 0.0949. The molecule has 0 saturated carbocycles. The monoisotopic (exact) mass is 248 g/mol. The number of piperazine rings is 1. The third-order valence-electron chi connectivity index (χ3n) is 3.49. The van der Waals surface area contributed by atoms with Crippen LogP contribution in [0.1, 0.15) is 17.3 Å². The van der Waals surface area contributed by atoms with E-state index in [1.165, 1.54) is 0 Å². The highest BCUT2D eigenvalue weighted by Gasteiger charge is 2.23. The zero-order valence-corrected chi connectivity index (χ0v) is 10.7. The fraction of sp³-hybridized carbons (Fsp3) is 0.538. The molecule has 2 N–H and O–H groups in total. The number of rotatable bonds is 3. The van der Waals surface area contributed by atoms with E-state index in [9.17, 15) is 4.79 Å². The van der Waals surface area contributed by atoms with Gasteiger partial charge < -0.3 is 10.6 Å². The van der Waals surface area contributed by atoms with E-state index in [1.54, 1.807) is 24.5 Å². The Morgan fingerprint density at radius 3 is 2.50 bits per heavy atom. The van der Waals surface area contributed by atoms with Crippen LogP contribution < -0.4 is 5.73 Å². The quantitative estimate of drug-likeness (QED) is 0.829. The smallest absolute Gasteiger partial charge is 0.254 e. The summed E-state index contributed by atoms with van der Waals surface area (Å²) in [6.07, 6.45) is 3.31. The van der Waals surface area contributed by atoms with Crippen LogP contribution in [0.4, 0.5) is 0 Å². The fourth-order valence-corrected chi connectivity index (χ4v) is 2.19. The summed E-state index contributed by atoms with van der Waals surface area (Å²) in [6, 6.07) is 3.91. The molecule has 1 amide bonds. The molecule has 98 valence electrons. The lowest BCUT2D eigenvalue weighted by atomic mass is 10.2. The van der Waals surface area contributed by atoms with Crippen LogP contribution in [0, 0.1) is 0 Å². The molecule has 1 aliphatic heterocycles. The lowest BCUT2D eigenvalue weighted by Gasteiger charge is -2.37. The lowest BCUT2D eigenvalue weighted by Crippen LogP contribution is -2.52. The minimum absolute atomic E-state index is 0.0949. The third-order valence-corrected chi connectivity index (χ3v) is 3.49. The number of amides is 1. The average Bonchev–Trinajstić information content (AvgIpc) is 2.47. The Labute approximate surface area is 108 Å². The van der Waals surface area contributed by atoms with Crippen LogP contribution in [0.5, 0.6) is 0 Å². The molecule has 1 fully saturated rings. The van der Waals surface area contributed by atoms with E-state index < -0.39 is 0 Å². The molecular weight excluding hydrogens is 228 g/mol. The van der Waals surface area contributed by atoms with Gasteiger partial charge in [-0.15, -0.1) is 0 Å². The first kappa shape index (κ1) is 13.0. The predicted octanol–water partition coefficient (Wildman–Crippen LogP) is 0.187. The zero-order valence-electron chi connectivity index (χ0n) is 10.7. The molecule has 18 heavy (non-hydrogen) atoms. The second kappa shape index (κ2) is 5.93. The van der Waals surface area contributed by atoms with Gasteiger partial charge in [-0.2, -0.15) is 0 Å². The van der Waals surface area contributed by atoms with Crippen LogP contribution in [-0.2, 0) is 0 Å². The molecule has 2 heterocycles. The Bertz CT molecular complexity index is 387. The van der Waals surface area contributed by atoms with E-state index in [0.29, 0.717) is 18.2 Å². The number of nitrogens with two attached hydrogens (primary N) is 1. The van der Waals surface area contributed by atoms with Crippen molar-refractivity contribution in [2.75, 3.05) is 32.7 Å². The van der Waals surface area contributed by atoms with Gasteiger partial charge in [0.05, 0.1) is 0 Å². The molecular formula is C13H20N4O. The Morgan fingerprint density at radius 1 is 1.33 bits per heavy atom. The van der Waals surface area contributed by atoms with Gasteiger partial charge in [0.15, 0.2) is 0 Å². The summed E-state index contributed by atoms with van der Waals surface area (Å²) >= 11 is 0. The van der Waals surface area contributed by atoms with Gasteiger partial charge in [-0.1, -0.05) is 0 Å². The van der Waals surface area contributed by atoms with E-state index in [4.69, 9.17) is 5.73 Å². The van der Waals surface area contributed by atoms with Gasteiger partial charge in [-0.3, -0.25) is 14.7 Å². The largest absolute Gasteiger partial charge is 0.336 e. The third kappa shape index (κ3) is 2.86. The SMILES string of the molecule is CC(CN)N1CCN(C(=O)c2ccncc2)CC1. The molecule has 1 saturated heterocycles. The number of hydrogen-bond acceptors (Lipinski definition) is 4. The van der Waals surface area contributed by atoms with Crippen LogP contribution in [0.15, 0.2) is 24.5 Å². The molecule has 1 aromatic rings. The molecule has 1 aromatic heterocycles. The summed E-state index contributed by atoms with van der Waals surface area (Å²) in [7, 11) is 0. The number of aromatic nitrogens is 1. The van der Waals surface area contributed by atoms with Crippen molar-refractivity contribution in [2.45, 2.75) is 13.0 Å². The van der Waals surface area contributed by atoms with Gasteiger partial charge in [0.25, 0.3) is 5.91 Å². The molecule has 1 unspecified atom stereocenters. The second-order valence-electron chi connectivity index (χ2n) is 4.65. The molecule has 2 rings (SSSR count). The standard InChI is InChI=1S/C13H20N4O/c1-11(10-14)16-6-8-17(9-7-16)13(18)12-2-4-15-5-3-12/h2-5,11H,6-10,14H2,1H3. The zero-order chi connectivity index (χ0) is 13.0. The lowest BCUT2D eigenvalue weighted by molar-refractivity contribution is 0.0589. The highest BCUT2D eigenvalue weighted by atomic mass is 16.2. The number of nitrogens with zero attached hydrogens (tertiary/aromatic N) is 3. The van der Waals surface area contributed by atoms with Gasteiger partial charge in [-0.25, -0.2) is 0 Å². The highest BCUT2D eigenvalue weighted by Crippen LogP contribution is 2.09. The van der Waals surface area contributed by atoms with Crippen LogP contribution >= 0.6 is 0 Å². The van der Waals surface area contributed by atoms with E-state index in [2.05, 4.69) is 16.8 Å². The van der Waals surface area contributed by atoms with Gasteiger partial charge in [0.2, 0.25) is 0 Å². The van der Waals surface area contributed by atoms with Crippen LogP contribution in [0.3, 0.4) is 0 Å². The molecule has 0 radical (unpaired) electrons. The maximum absolute atomic E-state index is 12.2. The summed E-state index contributed by atoms with van der Waals surface area (Å²) in [4.78, 5) is 20.4. The summed E-state index contributed by atoms with van der Waals surface area (Å²) in [5.74, 6) is 0.0949. The highest BCUT2D eigenvalue weighted by molar-refractivity contribution is 5.94. The average molecular weight is 248 g/mol. The van der Waals surface area contributed by atoms with Crippen molar-refractivity contribution in [2.24, 2.45) is 5.73 Å². The van der Waals surface area contributed by atoms with Gasteiger partial charge in [0.1, 0.15) is 0 Å². The summed E-state index contributed by atoms with van der Waals surface area (Å²) in [6.45, 7) is 6.13. The first-order valence-electron chi connectivity index (χ1n) is 6.36. The molecule has 0 spiro atoms. The van der Waals surface area contributed by atoms with E-state index in [0.717, 1.165) is 26.2 Å². The molecule has 1 aliphatic rings. The van der Waals surface area contributed by atoms with Crippen molar-refractivity contribution in [3.05, 3.63) is 30.1 Å². The Morgan fingerprint density at radius 2 is 1.94 bits per heavy atom. The number of carbonyl (C=O) groups excluding carboxylic acids is 1. The molecule has 0 aliphatic carbocycles. The van der Waals surface area contributed by atoms with Crippen molar-refractivity contribution >= 4 is 5.91 Å². The van der Waals surface area contributed by atoms with Gasteiger partial charge in [0, 0.05) is 56.7 Å². The van der Waals surface area contributed by atoms with Crippen molar-refractivity contribution in [1.29, 1.82) is 0 Å². The topological polar surface area (TPSA) is 62.5 Å². The Kier molecular flexibility index (Phi) is 4.28. The van der Waals surface area contributed by atoms with Crippen LogP contribution in [-0.4, -0.2) is 59.5 Å². The fourth-order valence-electron chi connectivity index (χ4n) is 2.19. The van der Waals surface area contributed by atoms with E-state index >= 15 is 0 Å². The minimum Gasteiger partial charge on any atom is -0.336 e. The predicted molar refractivity (Wildman–Crippen MR) is 70.2 cm³/mol. The van der Waals surface area contributed by atoms with Crippen molar-refractivity contribution < 1.29 is 4.79 Å². The number of pyridine rings is 1. The maximum atomic E-state index is 12.2. The van der Waals surface area contributed by atoms with E-state index in [1.807, 2.05) is 4.90 Å². The number of carbonyl (C=O) groups is 1. The Balaban J connectivity index is 1.92.